The first-order chi connectivity index (χ1) is 10.7. The molecular weight excluding hydrogens is 342 g/mol. The monoisotopic (exact) mass is 361 g/mol. The first kappa shape index (κ1) is 15.4. The molecule has 1 fully saturated rings. The Morgan fingerprint density at radius 2 is 1.73 bits per heavy atom. The molecule has 0 unspecified atom stereocenters. The van der Waals surface area contributed by atoms with Gasteiger partial charge < -0.3 is 4.90 Å². The molecule has 3 rings (SSSR count). The van der Waals surface area contributed by atoms with E-state index in [4.69, 9.17) is 0 Å². The molecule has 0 atom stereocenters. The fourth-order valence-corrected chi connectivity index (χ4v) is 3.01. The Labute approximate surface area is 139 Å². The topological polar surface area (TPSA) is 45.2 Å². The Balaban J connectivity index is 1.55. The Kier molecular flexibility index (Phi) is 5.00. The number of aromatic nitrogens is 3. The number of hydrogen-bond acceptors (Lipinski definition) is 5. The molecule has 0 aliphatic carbocycles. The maximum atomic E-state index is 4.47. The van der Waals surface area contributed by atoms with Crippen LogP contribution < -0.4 is 4.90 Å². The summed E-state index contributed by atoms with van der Waals surface area (Å²) < 4.78 is 1.04. The second kappa shape index (κ2) is 7.15. The van der Waals surface area contributed by atoms with Crippen LogP contribution in [0.5, 0.6) is 0 Å². The molecule has 0 N–H and O–H groups in total. The van der Waals surface area contributed by atoms with Crippen molar-refractivity contribution in [1.29, 1.82) is 0 Å². The van der Waals surface area contributed by atoms with Crippen molar-refractivity contribution in [2.75, 3.05) is 31.1 Å². The standard InChI is InChI=1S/C16H20BrN5/c1-2-13-9-19-16(20-10-13)22-5-3-21(4-6-22)12-14-7-15(17)11-18-8-14/h7-11H,2-6,12H2,1H3. The lowest BCUT2D eigenvalue weighted by molar-refractivity contribution is 0.248. The predicted octanol–water partition coefficient (Wildman–Crippen LogP) is 2.52. The van der Waals surface area contributed by atoms with Crippen LogP contribution in [0, 0.1) is 0 Å². The molecule has 116 valence electrons. The third kappa shape index (κ3) is 3.81. The lowest BCUT2D eigenvalue weighted by Crippen LogP contribution is -2.46. The lowest BCUT2D eigenvalue weighted by Gasteiger charge is -2.34. The highest BCUT2D eigenvalue weighted by Gasteiger charge is 2.19. The van der Waals surface area contributed by atoms with Crippen LogP contribution in [0.25, 0.3) is 0 Å². The van der Waals surface area contributed by atoms with Crippen molar-refractivity contribution in [3.63, 3.8) is 0 Å². The molecule has 0 radical (unpaired) electrons. The fourth-order valence-electron chi connectivity index (χ4n) is 2.60. The van der Waals surface area contributed by atoms with Crippen LogP contribution in [0.2, 0.25) is 0 Å². The van der Waals surface area contributed by atoms with Crippen LogP contribution >= 0.6 is 15.9 Å². The number of nitrogens with zero attached hydrogens (tertiary/aromatic N) is 5. The Morgan fingerprint density at radius 3 is 2.36 bits per heavy atom. The minimum atomic E-state index is 0.848. The van der Waals surface area contributed by atoms with E-state index in [-0.39, 0.29) is 0 Å². The van der Waals surface area contributed by atoms with E-state index >= 15 is 0 Å². The van der Waals surface area contributed by atoms with Gasteiger partial charge in [0.25, 0.3) is 0 Å². The van der Waals surface area contributed by atoms with Crippen LogP contribution in [0.4, 0.5) is 5.95 Å². The van der Waals surface area contributed by atoms with E-state index in [1.54, 1.807) is 0 Å². The third-order valence-electron chi connectivity index (χ3n) is 3.92. The smallest absolute Gasteiger partial charge is 0.225 e. The minimum absolute atomic E-state index is 0.848. The molecule has 0 spiro atoms. The largest absolute Gasteiger partial charge is 0.338 e. The van der Waals surface area contributed by atoms with Gasteiger partial charge in [-0.15, -0.1) is 0 Å². The van der Waals surface area contributed by atoms with E-state index in [1.165, 1.54) is 11.1 Å². The second-order valence-corrected chi connectivity index (χ2v) is 6.44. The van der Waals surface area contributed by atoms with Crippen molar-refractivity contribution in [3.05, 3.63) is 46.5 Å². The van der Waals surface area contributed by atoms with Gasteiger partial charge in [-0.25, -0.2) is 9.97 Å². The molecule has 0 amide bonds. The first-order valence-electron chi connectivity index (χ1n) is 7.62. The van der Waals surface area contributed by atoms with Crippen LogP contribution in [0.15, 0.2) is 35.3 Å². The molecule has 0 aromatic carbocycles. The maximum Gasteiger partial charge on any atom is 0.225 e. The molecule has 6 heteroatoms. The molecule has 0 saturated carbocycles. The summed E-state index contributed by atoms with van der Waals surface area (Å²) in [6, 6.07) is 2.13. The van der Waals surface area contributed by atoms with Gasteiger partial charge in [0.1, 0.15) is 0 Å². The zero-order valence-corrected chi connectivity index (χ0v) is 14.3. The van der Waals surface area contributed by atoms with E-state index in [0.717, 1.165) is 49.6 Å². The second-order valence-electron chi connectivity index (χ2n) is 5.52. The minimum Gasteiger partial charge on any atom is -0.338 e. The summed E-state index contributed by atoms with van der Waals surface area (Å²) in [5, 5.41) is 0. The number of aryl methyl sites for hydroxylation is 1. The summed E-state index contributed by atoms with van der Waals surface area (Å²) in [5.41, 5.74) is 2.43. The molecule has 2 aromatic rings. The van der Waals surface area contributed by atoms with Gasteiger partial charge in [0.15, 0.2) is 0 Å². The van der Waals surface area contributed by atoms with E-state index in [0.29, 0.717) is 0 Å². The summed E-state index contributed by atoms with van der Waals surface area (Å²) >= 11 is 3.47. The van der Waals surface area contributed by atoms with Gasteiger partial charge in [-0.05, 0) is 39.5 Å². The predicted molar refractivity (Wildman–Crippen MR) is 90.8 cm³/mol. The van der Waals surface area contributed by atoms with Crippen molar-refractivity contribution >= 4 is 21.9 Å². The van der Waals surface area contributed by atoms with Crippen molar-refractivity contribution in [1.82, 2.24) is 19.9 Å². The highest BCUT2D eigenvalue weighted by Crippen LogP contribution is 2.15. The summed E-state index contributed by atoms with van der Waals surface area (Å²) in [4.78, 5) is 17.9. The van der Waals surface area contributed by atoms with Crippen molar-refractivity contribution in [2.45, 2.75) is 19.9 Å². The van der Waals surface area contributed by atoms with Crippen LogP contribution in [0.1, 0.15) is 18.1 Å². The van der Waals surface area contributed by atoms with Crippen molar-refractivity contribution in [2.24, 2.45) is 0 Å². The highest BCUT2D eigenvalue weighted by atomic mass is 79.9. The van der Waals surface area contributed by atoms with Gasteiger partial charge >= 0.3 is 0 Å². The number of pyridine rings is 1. The number of anilines is 1. The molecule has 2 aromatic heterocycles. The first-order valence-corrected chi connectivity index (χ1v) is 8.41. The van der Waals surface area contributed by atoms with Crippen LogP contribution in [0.3, 0.4) is 0 Å². The summed E-state index contributed by atoms with van der Waals surface area (Å²) in [6.45, 7) is 7.03. The van der Waals surface area contributed by atoms with Gasteiger partial charge in [0.05, 0.1) is 0 Å². The molecule has 5 nitrogen and oxygen atoms in total. The molecule has 1 saturated heterocycles. The van der Waals surface area contributed by atoms with Gasteiger partial charge in [-0.2, -0.15) is 0 Å². The van der Waals surface area contributed by atoms with E-state index < -0.39 is 0 Å². The molecule has 22 heavy (non-hydrogen) atoms. The SMILES string of the molecule is CCc1cnc(N2CCN(Cc3cncc(Br)c3)CC2)nc1. The number of piperazine rings is 1. The molecular formula is C16H20BrN5. The average molecular weight is 362 g/mol. The average Bonchev–Trinajstić information content (AvgIpc) is 2.56. The number of hydrogen-bond donors (Lipinski definition) is 0. The van der Waals surface area contributed by atoms with E-state index in [9.17, 15) is 0 Å². The zero-order chi connectivity index (χ0) is 15.4. The van der Waals surface area contributed by atoms with Crippen molar-refractivity contribution in [3.8, 4) is 0 Å². The summed E-state index contributed by atoms with van der Waals surface area (Å²) in [7, 11) is 0. The Bertz CT molecular complexity index is 608. The fraction of sp³-hybridized carbons (Fsp3) is 0.438. The van der Waals surface area contributed by atoms with Crippen LogP contribution in [-0.2, 0) is 13.0 Å². The van der Waals surface area contributed by atoms with Crippen LogP contribution in [-0.4, -0.2) is 46.0 Å². The quantitative estimate of drug-likeness (QED) is 0.837. The Hall–Kier alpha value is -1.53. The molecule has 0 bridgehead atoms. The summed E-state index contributed by atoms with van der Waals surface area (Å²) in [6.07, 6.45) is 8.60. The maximum absolute atomic E-state index is 4.47. The normalized spacial score (nSPS) is 16.0. The highest BCUT2D eigenvalue weighted by molar-refractivity contribution is 9.10. The lowest BCUT2D eigenvalue weighted by atomic mass is 10.2. The van der Waals surface area contributed by atoms with Crippen molar-refractivity contribution < 1.29 is 0 Å². The van der Waals surface area contributed by atoms with Gasteiger partial charge in [0, 0.05) is 62.0 Å². The Morgan fingerprint density at radius 1 is 1.00 bits per heavy atom. The van der Waals surface area contributed by atoms with Gasteiger partial charge in [0.2, 0.25) is 5.95 Å². The molecule has 1 aliphatic heterocycles. The molecule has 1 aliphatic rings. The third-order valence-corrected chi connectivity index (χ3v) is 4.36. The number of rotatable bonds is 4. The van der Waals surface area contributed by atoms with Gasteiger partial charge in [-0.3, -0.25) is 9.88 Å². The number of halogens is 1. The zero-order valence-electron chi connectivity index (χ0n) is 12.7. The summed E-state index contributed by atoms with van der Waals surface area (Å²) in [5.74, 6) is 0.848. The van der Waals surface area contributed by atoms with Gasteiger partial charge in [-0.1, -0.05) is 6.92 Å². The van der Waals surface area contributed by atoms with E-state index in [2.05, 4.69) is 53.7 Å². The molecule has 3 heterocycles. The van der Waals surface area contributed by atoms with E-state index in [1.807, 2.05) is 24.8 Å².